The Balaban J connectivity index is 2.74. The normalized spacial score (nSPS) is 12.3. The lowest BCUT2D eigenvalue weighted by molar-refractivity contribution is -0.137. The fourth-order valence-electron chi connectivity index (χ4n) is 1.29. The second kappa shape index (κ2) is 2.91. The summed E-state index contributed by atoms with van der Waals surface area (Å²) in [6, 6.07) is 2.38. The number of rotatable bonds is 0. The monoisotopic (exact) mass is 218 g/mol. The molecule has 0 atom stereocenters. The Bertz CT molecular complexity index is 475. The van der Waals surface area contributed by atoms with Gasteiger partial charge in [0.2, 0.25) is 0 Å². The molecule has 0 aliphatic carbocycles. The molecule has 0 amide bonds. The quantitative estimate of drug-likeness (QED) is 0.679. The minimum atomic E-state index is -4.32. The zero-order valence-corrected chi connectivity index (χ0v) is 7.91. The van der Waals surface area contributed by atoms with Gasteiger partial charge in [-0.05, 0) is 24.6 Å². The molecule has 0 aliphatic rings. The fourth-order valence-corrected chi connectivity index (χ4v) is 1.88. The van der Waals surface area contributed by atoms with Gasteiger partial charge in [0.15, 0.2) is 0 Å². The van der Waals surface area contributed by atoms with E-state index in [1.807, 2.05) is 0 Å². The number of fused-ring (bicyclic) bond motifs is 1. The van der Waals surface area contributed by atoms with E-state index in [2.05, 4.69) is 8.75 Å². The average Bonchev–Trinajstić information content (AvgIpc) is 2.50. The molecule has 74 valence electrons. The number of hydrogen-bond donors (Lipinski definition) is 0. The molecule has 0 saturated carbocycles. The van der Waals surface area contributed by atoms with Crippen LogP contribution in [0.4, 0.5) is 13.2 Å². The lowest BCUT2D eigenvalue weighted by Gasteiger charge is -2.09. The molecule has 0 bridgehead atoms. The summed E-state index contributed by atoms with van der Waals surface area (Å²) in [6.07, 6.45) is -4.32. The highest BCUT2D eigenvalue weighted by molar-refractivity contribution is 7.00. The Labute approximate surface area is 81.7 Å². The number of halogens is 3. The van der Waals surface area contributed by atoms with Crippen molar-refractivity contribution >= 4 is 22.8 Å². The summed E-state index contributed by atoms with van der Waals surface area (Å²) in [5.74, 6) is 0. The number of nitrogens with zero attached hydrogens (tertiary/aromatic N) is 2. The molecule has 0 spiro atoms. The highest BCUT2D eigenvalue weighted by Crippen LogP contribution is 2.34. The molecule has 2 rings (SSSR count). The number of hydrogen-bond acceptors (Lipinski definition) is 3. The van der Waals surface area contributed by atoms with E-state index in [-0.39, 0.29) is 5.56 Å². The van der Waals surface area contributed by atoms with Crippen molar-refractivity contribution in [3.63, 3.8) is 0 Å². The van der Waals surface area contributed by atoms with E-state index in [9.17, 15) is 13.2 Å². The number of aryl methyl sites for hydroxylation is 1. The summed E-state index contributed by atoms with van der Waals surface area (Å²) in [5.41, 5.74) is 0.353. The molecular formula is C8H5F3N2S. The first-order valence-electron chi connectivity index (χ1n) is 3.79. The molecule has 2 nitrogen and oxygen atoms in total. The molecule has 1 aromatic carbocycles. The summed E-state index contributed by atoms with van der Waals surface area (Å²) >= 11 is 0.919. The third kappa shape index (κ3) is 1.35. The molecular weight excluding hydrogens is 213 g/mol. The molecule has 0 saturated heterocycles. The Morgan fingerprint density at radius 3 is 2.57 bits per heavy atom. The van der Waals surface area contributed by atoms with Gasteiger partial charge in [-0.15, -0.1) is 0 Å². The Morgan fingerprint density at radius 1 is 1.21 bits per heavy atom. The van der Waals surface area contributed by atoms with Crippen molar-refractivity contribution in [1.29, 1.82) is 0 Å². The predicted octanol–water partition coefficient (Wildman–Crippen LogP) is 3.02. The van der Waals surface area contributed by atoms with Crippen LogP contribution in [-0.2, 0) is 6.18 Å². The van der Waals surface area contributed by atoms with Crippen molar-refractivity contribution in [3.05, 3.63) is 23.3 Å². The van der Waals surface area contributed by atoms with Crippen molar-refractivity contribution < 1.29 is 13.2 Å². The smallest absolute Gasteiger partial charge is 0.173 e. The number of aromatic nitrogens is 2. The maximum Gasteiger partial charge on any atom is 0.416 e. The van der Waals surface area contributed by atoms with E-state index in [4.69, 9.17) is 0 Å². The first-order valence-corrected chi connectivity index (χ1v) is 4.52. The SMILES string of the molecule is Cc1c(C(F)(F)F)ccc2nsnc12. The van der Waals surface area contributed by atoms with Crippen LogP contribution in [0.15, 0.2) is 12.1 Å². The Hall–Kier alpha value is -1.17. The summed E-state index contributed by atoms with van der Waals surface area (Å²) < 4.78 is 45.0. The van der Waals surface area contributed by atoms with Crippen molar-refractivity contribution in [2.75, 3.05) is 0 Å². The van der Waals surface area contributed by atoms with Gasteiger partial charge < -0.3 is 0 Å². The van der Waals surface area contributed by atoms with E-state index in [0.717, 1.165) is 17.8 Å². The average molecular weight is 218 g/mol. The second-order valence-electron chi connectivity index (χ2n) is 2.87. The van der Waals surface area contributed by atoms with Gasteiger partial charge in [-0.1, -0.05) is 0 Å². The second-order valence-corrected chi connectivity index (χ2v) is 3.40. The molecule has 0 N–H and O–H groups in total. The van der Waals surface area contributed by atoms with E-state index in [0.29, 0.717) is 11.0 Å². The van der Waals surface area contributed by atoms with Crippen LogP contribution >= 0.6 is 11.7 Å². The summed E-state index contributed by atoms with van der Waals surface area (Å²) in [5, 5.41) is 0. The zero-order valence-electron chi connectivity index (χ0n) is 7.09. The van der Waals surface area contributed by atoms with Gasteiger partial charge >= 0.3 is 6.18 Å². The largest absolute Gasteiger partial charge is 0.416 e. The van der Waals surface area contributed by atoms with Gasteiger partial charge in [0.1, 0.15) is 11.0 Å². The van der Waals surface area contributed by atoms with Crippen LogP contribution in [0.1, 0.15) is 11.1 Å². The van der Waals surface area contributed by atoms with Gasteiger partial charge in [-0.3, -0.25) is 0 Å². The first-order chi connectivity index (χ1) is 6.50. The zero-order chi connectivity index (χ0) is 10.3. The molecule has 0 unspecified atom stereocenters. The Morgan fingerprint density at radius 2 is 1.93 bits per heavy atom. The molecule has 14 heavy (non-hydrogen) atoms. The molecule has 1 aromatic heterocycles. The van der Waals surface area contributed by atoms with Crippen LogP contribution in [0.2, 0.25) is 0 Å². The molecule has 0 radical (unpaired) electrons. The molecule has 0 fully saturated rings. The van der Waals surface area contributed by atoms with E-state index < -0.39 is 11.7 Å². The summed E-state index contributed by atoms with van der Waals surface area (Å²) in [6.45, 7) is 1.41. The lowest BCUT2D eigenvalue weighted by Crippen LogP contribution is -2.07. The third-order valence-corrected chi connectivity index (χ3v) is 2.53. The van der Waals surface area contributed by atoms with E-state index >= 15 is 0 Å². The lowest BCUT2D eigenvalue weighted by atomic mass is 10.1. The highest BCUT2D eigenvalue weighted by atomic mass is 32.1. The van der Waals surface area contributed by atoms with Crippen LogP contribution in [0.25, 0.3) is 11.0 Å². The van der Waals surface area contributed by atoms with Gasteiger partial charge in [0.05, 0.1) is 17.3 Å². The number of alkyl halides is 3. The molecule has 6 heteroatoms. The van der Waals surface area contributed by atoms with E-state index in [1.54, 1.807) is 0 Å². The Kier molecular flexibility index (Phi) is 1.95. The summed E-state index contributed by atoms with van der Waals surface area (Å²) in [7, 11) is 0. The highest BCUT2D eigenvalue weighted by Gasteiger charge is 2.33. The molecule has 1 heterocycles. The van der Waals surface area contributed by atoms with Crippen LogP contribution in [0, 0.1) is 6.92 Å². The maximum absolute atomic E-state index is 12.4. The molecule has 2 aromatic rings. The van der Waals surface area contributed by atoms with Crippen LogP contribution in [0.3, 0.4) is 0 Å². The van der Waals surface area contributed by atoms with Gasteiger partial charge in [0.25, 0.3) is 0 Å². The standard InChI is InChI=1S/C8H5F3N2S/c1-4-5(8(9,10)11)2-3-6-7(4)13-14-12-6/h2-3H,1H3. The topological polar surface area (TPSA) is 25.8 Å². The van der Waals surface area contributed by atoms with Crippen LogP contribution in [-0.4, -0.2) is 8.75 Å². The van der Waals surface area contributed by atoms with Gasteiger partial charge in [-0.2, -0.15) is 21.9 Å². The molecule has 0 aliphatic heterocycles. The predicted molar refractivity (Wildman–Crippen MR) is 47.2 cm³/mol. The maximum atomic E-state index is 12.4. The first kappa shape index (κ1) is 9.39. The third-order valence-electron chi connectivity index (χ3n) is 1.99. The van der Waals surface area contributed by atoms with Crippen molar-refractivity contribution in [3.8, 4) is 0 Å². The summed E-state index contributed by atoms with van der Waals surface area (Å²) in [4.78, 5) is 0. The minimum Gasteiger partial charge on any atom is -0.173 e. The van der Waals surface area contributed by atoms with Crippen molar-refractivity contribution in [2.24, 2.45) is 0 Å². The van der Waals surface area contributed by atoms with Crippen molar-refractivity contribution in [1.82, 2.24) is 8.75 Å². The van der Waals surface area contributed by atoms with Gasteiger partial charge in [0, 0.05) is 0 Å². The van der Waals surface area contributed by atoms with Crippen LogP contribution in [0.5, 0.6) is 0 Å². The van der Waals surface area contributed by atoms with Crippen LogP contribution < -0.4 is 0 Å². The van der Waals surface area contributed by atoms with E-state index in [1.165, 1.54) is 13.0 Å². The fraction of sp³-hybridized carbons (Fsp3) is 0.250. The number of benzene rings is 1. The minimum absolute atomic E-state index is 0.142. The van der Waals surface area contributed by atoms with Crippen molar-refractivity contribution in [2.45, 2.75) is 13.1 Å². The van der Waals surface area contributed by atoms with Gasteiger partial charge in [-0.25, -0.2) is 0 Å².